The molecule has 3 rings (SSSR count). The van der Waals surface area contributed by atoms with Crippen molar-refractivity contribution >= 4 is 33.7 Å². The topological polar surface area (TPSA) is 91.7 Å². The Bertz CT molecular complexity index is 1110. The molecular formula is C21H19ClN4O3S. The standard InChI is InChI=1S/C21H19ClN4O3S/c22-18-9-11-20(12-10-18)30(28,29)26(15-17-6-2-1-3-7-17)16-21(27)25-24-14-19-8-4-5-13-23-19/h1-14H,15-16H2,(H,25,27)/b24-14-. The van der Waals surface area contributed by atoms with Gasteiger partial charge in [-0.25, -0.2) is 13.8 Å². The third-order valence-corrected chi connectivity index (χ3v) is 6.10. The fourth-order valence-corrected chi connectivity index (χ4v) is 4.10. The van der Waals surface area contributed by atoms with Crippen molar-refractivity contribution in [2.75, 3.05) is 6.54 Å². The van der Waals surface area contributed by atoms with E-state index in [1.807, 2.05) is 6.07 Å². The van der Waals surface area contributed by atoms with Crippen LogP contribution in [0.2, 0.25) is 5.02 Å². The summed E-state index contributed by atoms with van der Waals surface area (Å²) in [5.41, 5.74) is 3.66. The number of amides is 1. The van der Waals surface area contributed by atoms with E-state index in [1.165, 1.54) is 30.5 Å². The third kappa shape index (κ3) is 5.96. The van der Waals surface area contributed by atoms with E-state index in [0.717, 1.165) is 9.87 Å². The molecule has 9 heteroatoms. The summed E-state index contributed by atoms with van der Waals surface area (Å²) in [6.45, 7) is -0.372. The van der Waals surface area contributed by atoms with Crippen LogP contribution in [0.4, 0.5) is 0 Å². The molecule has 0 bridgehead atoms. The van der Waals surface area contributed by atoms with Crippen molar-refractivity contribution in [3.8, 4) is 0 Å². The van der Waals surface area contributed by atoms with Gasteiger partial charge < -0.3 is 0 Å². The molecule has 0 radical (unpaired) electrons. The molecule has 1 heterocycles. The number of carbonyl (C=O) groups is 1. The zero-order valence-corrected chi connectivity index (χ0v) is 17.4. The summed E-state index contributed by atoms with van der Waals surface area (Å²) < 4.78 is 27.4. The van der Waals surface area contributed by atoms with Crippen LogP contribution in [0.3, 0.4) is 0 Å². The van der Waals surface area contributed by atoms with Gasteiger partial charge in [0.1, 0.15) is 0 Å². The average Bonchev–Trinajstić information content (AvgIpc) is 2.75. The number of hydrogen-bond acceptors (Lipinski definition) is 5. The zero-order chi connectivity index (χ0) is 21.4. The first-order valence-electron chi connectivity index (χ1n) is 8.98. The van der Waals surface area contributed by atoms with Gasteiger partial charge in [0.2, 0.25) is 10.0 Å². The Balaban J connectivity index is 1.77. The lowest BCUT2D eigenvalue weighted by Gasteiger charge is -2.21. The Morgan fingerprint density at radius 2 is 1.73 bits per heavy atom. The summed E-state index contributed by atoms with van der Waals surface area (Å²) in [4.78, 5) is 16.5. The summed E-state index contributed by atoms with van der Waals surface area (Å²) in [6, 6.07) is 20.1. The van der Waals surface area contributed by atoms with Gasteiger partial charge in [-0.05, 0) is 42.0 Å². The summed E-state index contributed by atoms with van der Waals surface area (Å²) in [5, 5.41) is 4.26. The van der Waals surface area contributed by atoms with Crippen LogP contribution < -0.4 is 5.43 Å². The fourth-order valence-electron chi connectivity index (χ4n) is 2.59. The van der Waals surface area contributed by atoms with Gasteiger partial charge in [-0.15, -0.1) is 0 Å². The zero-order valence-electron chi connectivity index (χ0n) is 15.8. The molecule has 1 aromatic heterocycles. The van der Waals surface area contributed by atoms with Gasteiger partial charge in [-0.1, -0.05) is 48.0 Å². The molecular weight excluding hydrogens is 424 g/mol. The number of aromatic nitrogens is 1. The second-order valence-electron chi connectivity index (χ2n) is 6.26. The Labute approximate surface area is 180 Å². The number of nitrogens with one attached hydrogen (secondary N) is 1. The number of pyridine rings is 1. The van der Waals surface area contributed by atoms with Gasteiger partial charge in [-0.2, -0.15) is 9.41 Å². The predicted octanol–water partition coefficient (Wildman–Crippen LogP) is 3.08. The molecule has 0 aliphatic carbocycles. The van der Waals surface area contributed by atoms with E-state index in [1.54, 1.807) is 48.7 Å². The van der Waals surface area contributed by atoms with E-state index in [4.69, 9.17) is 11.6 Å². The number of halogens is 1. The van der Waals surface area contributed by atoms with Gasteiger partial charge >= 0.3 is 0 Å². The van der Waals surface area contributed by atoms with E-state index >= 15 is 0 Å². The van der Waals surface area contributed by atoms with Gasteiger partial charge in [0.15, 0.2) is 0 Å². The molecule has 0 fully saturated rings. The first-order valence-corrected chi connectivity index (χ1v) is 10.8. The number of hydrogen-bond donors (Lipinski definition) is 1. The molecule has 0 aliphatic heterocycles. The Hall–Kier alpha value is -3.07. The lowest BCUT2D eigenvalue weighted by atomic mass is 10.2. The molecule has 1 amide bonds. The van der Waals surface area contributed by atoms with Crippen LogP contribution in [-0.2, 0) is 21.4 Å². The van der Waals surface area contributed by atoms with Crippen molar-refractivity contribution in [2.24, 2.45) is 5.10 Å². The normalized spacial score (nSPS) is 11.7. The Morgan fingerprint density at radius 1 is 1.03 bits per heavy atom. The van der Waals surface area contributed by atoms with Gasteiger partial charge in [0.25, 0.3) is 5.91 Å². The van der Waals surface area contributed by atoms with Crippen LogP contribution in [0.5, 0.6) is 0 Å². The molecule has 0 unspecified atom stereocenters. The molecule has 3 aromatic rings. The van der Waals surface area contributed by atoms with Crippen molar-refractivity contribution in [2.45, 2.75) is 11.4 Å². The number of carbonyl (C=O) groups excluding carboxylic acids is 1. The highest BCUT2D eigenvalue weighted by Gasteiger charge is 2.26. The molecule has 0 spiro atoms. The Morgan fingerprint density at radius 3 is 2.40 bits per heavy atom. The lowest BCUT2D eigenvalue weighted by molar-refractivity contribution is -0.121. The van der Waals surface area contributed by atoms with Crippen molar-refractivity contribution in [3.63, 3.8) is 0 Å². The van der Waals surface area contributed by atoms with Gasteiger partial charge in [0, 0.05) is 17.8 Å². The summed E-state index contributed by atoms with van der Waals surface area (Å²) >= 11 is 5.87. The molecule has 7 nitrogen and oxygen atoms in total. The van der Waals surface area contributed by atoms with Crippen LogP contribution in [0, 0.1) is 0 Å². The van der Waals surface area contributed by atoms with Gasteiger partial charge in [0.05, 0.1) is 23.3 Å². The monoisotopic (exact) mass is 442 g/mol. The maximum Gasteiger partial charge on any atom is 0.255 e. The molecule has 0 aliphatic rings. The molecule has 1 N–H and O–H groups in total. The van der Waals surface area contributed by atoms with Crippen molar-refractivity contribution in [3.05, 3.63) is 95.3 Å². The van der Waals surface area contributed by atoms with Crippen molar-refractivity contribution in [1.29, 1.82) is 0 Å². The Kier molecular flexibility index (Phi) is 7.29. The molecule has 0 saturated carbocycles. The van der Waals surface area contributed by atoms with E-state index < -0.39 is 22.5 Å². The highest BCUT2D eigenvalue weighted by molar-refractivity contribution is 7.89. The lowest BCUT2D eigenvalue weighted by Crippen LogP contribution is -2.39. The minimum Gasteiger partial charge on any atom is -0.272 e. The highest BCUT2D eigenvalue weighted by atomic mass is 35.5. The van der Waals surface area contributed by atoms with E-state index in [-0.39, 0.29) is 11.4 Å². The maximum atomic E-state index is 13.1. The first kappa shape index (κ1) is 21.6. The number of rotatable bonds is 8. The highest BCUT2D eigenvalue weighted by Crippen LogP contribution is 2.20. The fraction of sp³-hybridized carbons (Fsp3) is 0.0952. The van der Waals surface area contributed by atoms with Crippen LogP contribution in [0.1, 0.15) is 11.3 Å². The molecule has 30 heavy (non-hydrogen) atoms. The van der Waals surface area contributed by atoms with Crippen LogP contribution in [-0.4, -0.2) is 36.4 Å². The second-order valence-corrected chi connectivity index (χ2v) is 8.63. The third-order valence-electron chi connectivity index (χ3n) is 4.05. The van der Waals surface area contributed by atoms with Crippen LogP contribution in [0.15, 0.2) is 89.0 Å². The van der Waals surface area contributed by atoms with E-state index in [9.17, 15) is 13.2 Å². The summed E-state index contributed by atoms with van der Waals surface area (Å²) in [6.07, 6.45) is 2.98. The smallest absolute Gasteiger partial charge is 0.255 e. The van der Waals surface area contributed by atoms with Gasteiger partial charge in [-0.3, -0.25) is 9.78 Å². The van der Waals surface area contributed by atoms with Crippen molar-refractivity contribution < 1.29 is 13.2 Å². The number of benzene rings is 2. The van der Waals surface area contributed by atoms with Crippen LogP contribution >= 0.6 is 11.6 Å². The molecule has 154 valence electrons. The number of hydrazone groups is 1. The number of sulfonamides is 1. The SMILES string of the molecule is O=C(CN(Cc1ccccc1)S(=O)(=O)c1ccc(Cl)cc1)N/N=C\c1ccccn1. The molecule has 0 saturated heterocycles. The van der Waals surface area contributed by atoms with E-state index in [0.29, 0.717) is 10.7 Å². The van der Waals surface area contributed by atoms with Crippen molar-refractivity contribution in [1.82, 2.24) is 14.7 Å². The van der Waals surface area contributed by atoms with Crippen LogP contribution in [0.25, 0.3) is 0 Å². The predicted molar refractivity (Wildman–Crippen MR) is 115 cm³/mol. The molecule has 0 atom stereocenters. The first-order chi connectivity index (χ1) is 14.4. The minimum atomic E-state index is -3.94. The average molecular weight is 443 g/mol. The largest absolute Gasteiger partial charge is 0.272 e. The maximum absolute atomic E-state index is 13.1. The minimum absolute atomic E-state index is 0.0309. The quantitative estimate of drug-likeness (QED) is 0.428. The summed E-state index contributed by atoms with van der Waals surface area (Å²) in [7, 11) is -3.94. The molecule has 2 aromatic carbocycles. The summed E-state index contributed by atoms with van der Waals surface area (Å²) in [5.74, 6) is -0.573. The number of nitrogens with zero attached hydrogens (tertiary/aromatic N) is 3. The second kappa shape index (κ2) is 10.1. The van der Waals surface area contributed by atoms with E-state index in [2.05, 4.69) is 15.5 Å².